The van der Waals surface area contributed by atoms with Crippen LogP contribution in [0, 0.1) is 0 Å². The van der Waals surface area contributed by atoms with E-state index in [0.717, 1.165) is 6.42 Å². The fourth-order valence-corrected chi connectivity index (χ4v) is 2.07. The molecule has 1 heterocycles. The van der Waals surface area contributed by atoms with Gasteiger partial charge in [-0.15, -0.1) is 0 Å². The van der Waals surface area contributed by atoms with E-state index in [1.807, 2.05) is 6.08 Å². The van der Waals surface area contributed by atoms with Crippen LogP contribution in [-0.4, -0.2) is 25.0 Å². The summed E-state index contributed by atoms with van der Waals surface area (Å²) in [6, 6.07) is 0.556. The molecular weight excluding hydrogens is 178 g/mol. The molecule has 1 N–H and O–H groups in total. The van der Waals surface area contributed by atoms with E-state index in [2.05, 4.69) is 5.32 Å². The summed E-state index contributed by atoms with van der Waals surface area (Å²) >= 11 is 0. The van der Waals surface area contributed by atoms with E-state index in [1.54, 1.807) is 0 Å². The third kappa shape index (κ3) is 2.35. The smallest absolute Gasteiger partial charge is 0.210 e. The lowest BCUT2D eigenvalue weighted by molar-refractivity contribution is -0.117. The van der Waals surface area contributed by atoms with Crippen LogP contribution in [0.2, 0.25) is 0 Å². The molecule has 2 aliphatic rings. The van der Waals surface area contributed by atoms with Crippen LogP contribution in [0.5, 0.6) is 0 Å². The second-order valence-corrected chi connectivity index (χ2v) is 3.99. The van der Waals surface area contributed by atoms with E-state index in [0.29, 0.717) is 25.0 Å². The molecule has 0 aromatic rings. The number of ketones is 1. The first-order valence-electron chi connectivity index (χ1n) is 5.46. The van der Waals surface area contributed by atoms with E-state index in [1.165, 1.54) is 25.7 Å². The quantitative estimate of drug-likeness (QED) is 0.736. The summed E-state index contributed by atoms with van der Waals surface area (Å²) in [7, 11) is 0. The maximum absolute atomic E-state index is 11.5. The highest BCUT2D eigenvalue weighted by molar-refractivity contribution is 5.95. The largest absolute Gasteiger partial charge is 0.490 e. The van der Waals surface area contributed by atoms with Crippen LogP contribution in [0.1, 0.15) is 32.1 Å². The molecule has 0 spiro atoms. The highest BCUT2D eigenvalue weighted by Gasteiger charge is 2.18. The first-order chi connectivity index (χ1) is 6.86. The molecular formula is C11H17NO2. The number of Topliss-reactive ketones (excluding diaryl/α,β-unsaturated/α-hetero) is 1. The Kier molecular flexibility index (Phi) is 3.19. The van der Waals surface area contributed by atoms with E-state index in [-0.39, 0.29) is 5.78 Å². The Bertz CT molecular complexity index is 242. The van der Waals surface area contributed by atoms with Crippen LogP contribution in [0.3, 0.4) is 0 Å². The molecule has 0 unspecified atom stereocenters. The van der Waals surface area contributed by atoms with E-state index in [9.17, 15) is 4.79 Å². The molecule has 1 fully saturated rings. The standard InChI is InChI=1S/C11H17NO2/c13-10(11-6-3-7-14-11)8-12-9-4-1-2-5-9/h6,9,12H,1-5,7-8H2. The van der Waals surface area contributed by atoms with E-state index >= 15 is 0 Å². The third-order valence-electron chi connectivity index (χ3n) is 2.89. The zero-order valence-electron chi connectivity index (χ0n) is 8.42. The van der Waals surface area contributed by atoms with Crippen LogP contribution in [-0.2, 0) is 9.53 Å². The molecule has 3 nitrogen and oxygen atoms in total. The predicted molar refractivity (Wildman–Crippen MR) is 53.9 cm³/mol. The summed E-state index contributed by atoms with van der Waals surface area (Å²) in [5.41, 5.74) is 0. The summed E-state index contributed by atoms with van der Waals surface area (Å²) in [5, 5.41) is 3.29. The molecule has 0 bridgehead atoms. The van der Waals surface area contributed by atoms with Gasteiger partial charge in [0.2, 0.25) is 5.78 Å². The van der Waals surface area contributed by atoms with Crippen molar-refractivity contribution < 1.29 is 9.53 Å². The van der Waals surface area contributed by atoms with Gasteiger partial charge in [-0.2, -0.15) is 0 Å². The van der Waals surface area contributed by atoms with Gasteiger partial charge in [0.25, 0.3) is 0 Å². The van der Waals surface area contributed by atoms with Gasteiger partial charge >= 0.3 is 0 Å². The second kappa shape index (κ2) is 4.60. The van der Waals surface area contributed by atoms with Crippen LogP contribution < -0.4 is 5.32 Å². The molecule has 0 atom stereocenters. The van der Waals surface area contributed by atoms with Crippen LogP contribution in [0.15, 0.2) is 11.8 Å². The summed E-state index contributed by atoms with van der Waals surface area (Å²) in [5.74, 6) is 0.671. The first-order valence-corrected chi connectivity index (χ1v) is 5.46. The minimum absolute atomic E-state index is 0.106. The molecule has 1 aliphatic carbocycles. The highest BCUT2D eigenvalue weighted by Crippen LogP contribution is 2.17. The molecule has 1 saturated carbocycles. The fraction of sp³-hybridized carbons (Fsp3) is 0.727. The number of ether oxygens (including phenoxy) is 1. The minimum Gasteiger partial charge on any atom is -0.490 e. The molecule has 78 valence electrons. The van der Waals surface area contributed by atoms with Gasteiger partial charge in [0.1, 0.15) is 0 Å². The van der Waals surface area contributed by atoms with Crippen molar-refractivity contribution >= 4 is 5.78 Å². The second-order valence-electron chi connectivity index (χ2n) is 3.99. The average molecular weight is 195 g/mol. The molecule has 1 aliphatic heterocycles. The van der Waals surface area contributed by atoms with E-state index in [4.69, 9.17) is 4.74 Å². The number of hydrogen-bond acceptors (Lipinski definition) is 3. The van der Waals surface area contributed by atoms with Gasteiger partial charge in [0, 0.05) is 12.5 Å². The lowest BCUT2D eigenvalue weighted by Crippen LogP contribution is -2.32. The van der Waals surface area contributed by atoms with E-state index < -0.39 is 0 Å². The normalized spacial score (nSPS) is 22.1. The number of nitrogens with one attached hydrogen (secondary N) is 1. The Balaban J connectivity index is 1.71. The monoisotopic (exact) mass is 195 g/mol. The molecule has 14 heavy (non-hydrogen) atoms. The number of rotatable bonds is 4. The molecule has 0 radical (unpaired) electrons. The molecule has 0 aromatic heterocycles. The third-order valence-corrected chi connectivity index (χ3v) is 2.89. The summed E-state index contributed by atoms with van der Waals surface area (Å²) < 4.78 is 5.20. The van der Waals surface area contributed by atoms with Gasteiger partial charge in [0.05, 0.1) is 13.2 Å². The van der Waals surface area contributed by atoms with Gasteiger partial charge in [0.15, 0.2) is 5.76 Å². The van der Waals surface area contributed by atoms with Gasteiger partial charge in [-0.3, -0.25) is 4.79 Å². The Morgan fingerprint density at radius 3 is 2.93 bits per heavy atom. The van der Waals surface area contributed by atoms with Crippen LogP contribution >= 0.6 is 0 Å². The molecule has 0 saturated heterocycles. The van der Waals surface area contributed by atoms with Crippen molar-refractivity contribution in [3.05, 3.63) is 11.8 Å². The zero-order chi connectivity index (χ0) is 9.80. The predicted octanol–water partition coefficient (Wildman–Crippen LogP) is 1.39. The van der Waals surface area contributed by atoms with Crippen molar-refractivity contribution in [1.29, 1.82) is 0 Å². The van der Waals surface area contributed by atoms with Crippen molar-refractivity contribution in [1.82, 2.24) is 5.32 Å². The number of hydrogen-bond donors (Lipinski definition) is 1. The molecule has 2 rings (SSSR count). The lowest BCUT2D eigenvalue weighted by atomic mass is 10.2. The number of carbonyl (C=O) groups excluding carboxylic acids is 1. The molecule has 0 amide bonds. The van der Waals surface area contributed by atoms with Crippen molar-refractivity contribution in [2.45, 2.75) is 38.1 Å². The zero-order valence-corrected chi connectivity index (χ0v) is 8.42. The SMILES string of the molecule is O=C(CNC1CCCC1)C1=CCCO1. The van der Waals surface area contributed by atoms with Crippen molar-refractivity contribution in [3.63, 3.8) is 0 Å². The summed E-state index contributed by atoms with van der Waals surface area (Å²) in [4.78, 5) is 11.5. The maximum atomic E-state index is 11.5. The topological polar surface area (TPSA) is 38.3 Å². The minimum atomic E-state index is 0.106. The number of carbonyl (C=O) groups is 1. The Hall–Kier alpha value is -0.830. The van der Waals surface area contributed by atoms with Crippen molar-refractivity contribution in [2.24, 2.45) is 0 Å². The molecule has 0 aromatic carbocycles. The Morgan fingerprint density at radius 1 is 1.50 bits per heavy atom. The summed E-state index contributed by atoms with van der Waals surface area (Å²) in [6.07, 6.45) is 7.79. The maximum Gasteiger partial charge on any atom is 0.210 e. The Morgan fingerprint density at radius 2 is 2.29 bits per heavy atom. The van der Waals surface area contributed by atoms with Gasteiger partial charge in [-0.1, -0.05) is 12.8 Å². The van der Waals surface area contributed by atoms with Gasteiger partial charge in [-0.05, 0) is 18.9 Å². The highest BCUT2D eigenvalue weighted by atomic mass is 16.5. The Labute approximate surface area is 84.5 Å². The summed E-state index contributed by atoms with van der Waals surface area (Å²) in [6.45, 7) is 1.11. The van der Waals surface area contributed by atoms with Crippen molar-refractivity contribution in [2.75, 3.05) is 13.2 Å². The van der Waals surface area contributed by atoms with Crippen molar-refractivity contribution in [3.8, 4) is 0 Å². The molecule has 3 heteroatoms. The van der Waals surface area contributed by atoms with Gasteiger partial charge in [-0.25, -0.2) is 0 Å². The van der Waals surface area contributed by atoms with Gasteiger partial charge < -0.3 is 10.1 Å². The van der Waals surface area contributed by atoms with Crippen LogP contribution in [0.4, 0.5) is 0 Å². The van der Waals surface area contributed by atoms with Crippen LogP contribution in [0.25, 0.3) is 0 Å². The first kappa shape index (κ1) is 9.71. The average Bonchev–Trinajstić information content (AvgIpc) is 2.87. The lowest BCUT2D eigenvalue weighted by Gasteiger charge is -2.10. The fourth-order valence-electron chi connectivity index (χ4n) is 2.07.